The van der Waals surface area contributed by atoms with Gasteiger partial charge in [0.15, 0.2) is 0 Å². The van der Waals surface area contributed by atoms with Gasteiger partial charge in [0.2, 0.25) is 10.9 Å². The first-order valence-electron chi connectivity index (χ1n) is 6.32. The smallest absolute Gasteiger partial charge is 0.249 e. The summed E-state index contributed by atoms with van der Waals surface area (Å²) in [4.78, 5) is 25.2. The average molecular weight is 221 g/mol. The van der Waals surface area contributed by atoms with Gasteiger partial charge < -0.3 is 4.90 Å². The Kier molecular flexibility index (Phi) is 3.42. The summed E-state index contributed by atoms with van der Waals surface area (Å²) in [6, 6.07) is 0. The summed E-state index contributed by atoms with van der Waals surface area (Å²) in [6.45, 7) is 4.00. The molecule has 0 N–H and O–H groups in total. The summed E-state index contributed by atoms with van der Waals surface area (Å²) in [7, 11) is 0. The third kappa shape index (κ3) is 1.91. The monoisotopic (exact) mass is 221 g/mol. The standard InChI is InChI=1S/C13H19NO2/c1-2-3-7-10-11(13(16)12(10)15)14-8-5-4-6-9-14/h2-9H2,1H3. The van der Waals surface area contributed by atoms with E-state index in [4.69, 9.17) is 0 Å². The number of piperidine rings is 1. The SMILES string of the molecule is CCCCc1c(N2CCCCC2)c(=O)c1=O. The number of anilines is 1. The molecule has 3 heteroatoms. The molecule has 1 aliphatic heterocycles. The molecule has 2 rings (SSSR count). The molecular weight excluding hydrogens is 202 g/mol. The zero-order chi connectivity index (χ0) is 11.5. The van der Waals surface area contributed by atoms with E-state index in [0.29, 0.717) is 0 Å². The van der Waals surface area contributed by atoms with Crippen LogP contribution in [-0.4, -0.2) is 13.1 Å². The predicted molar refractivity (Wildman–Crippen MR) is 66.0 cm³/mol. The number of unbranched alkanes of at least 4 members (excludes halogenated alkanes) is 1. The fourth-order valence-electron chi connectivity index (χ4n) is 2.46. The average Bonchev–Trinajstić information content (AvgIpc) is 2.34. The highest BCUT2D eigenvalue weighted by molar-refractivity contribution is 5.58. The van der Waals surface area contributed by atoms with Gasteiger partial charge in [0.05, 0.1) is 5.69 Å². The van der Waals surface area contributed by atoms with Crippen LogP contribution in [0.2, 0.25) is 0 Å². The lowest BCUT2D eigenvalue weighted by atomic mass is 9.98. The summed E-state index contributed by atoms with van der Waals surface area (Å²) in [5.41, 5.74) is 1.08. The van der Waals surface area contributed by atoms with Crippen LogP contribution >= 0.6 is 0 Å². The number of hydrogen-bond donors (Lipinski definition) is 0. The van der Waals surface area contributed by atoms with Crippen molar-refractivity contribution in [2.24, 2.45) is 0 Å². The van der Waals surface area contributed by atoms with Gasteiger partial charge in [0.25, 0.3) is 0 Å². The van der Waals surface area contributed by atoms with Crippen LogP contribution in [0.15, 0.2) is 9.59 Å². The molecule has 1 aromatic rings. The van der Waals surface area contributed by atoms with Crippen LogP contribution < -0.4 is 15.8 Å². The molecule has 0 amide bonds. The van der Waals surface area contributed by atoms with Crippen molar-refractivity contribution in [3.63, 3.8) is 0 Å². The largest absolute Gasteiger partial charge is 0.368 e. The quantitative estimate of drug-likeness (QED) is 0.725. The Labute approximate surface area is 95.8 Å². The molecule has 0 bridgehead atoms. The van der Waals surface area contributed by atoms with Crippen molar-refractivity contribution in [3.05, 3.63) is 26.0 Å². The molecule has 0 saturated carbocycles. The first-order valence-corrected chi connectivity index (χ1v) is 6.32. The van der Waals surface area contributed by atoms with Crippen molar-refractivity contribution in [1.82, 2.24) is 0 Å². The molecule has 1 aromatic carbocycles. The minimum atomic E-state index is -0.243. The highest BCUT2D eigenvalue weighted by Gasteiger charge is 2.25. The van der Waals surface area contributed by atoms with Gasteiger partial charge >= 0.3 is 0 Å². The number of hydrogen-bond acceptors (Lipinski definition) is 3. The highest BCUT2D eigenvalue weighted by atomic mass is 16.2. The Morgan fingerprint density at radius 3 is 2.38 bits per heavy atom. The Bertz CT molecular complexity index is 423. The Morgan fingerprint density at radius 1 is 1.06 bits per heavy atom. The molecule has 0 aromatic heterocycles. The molecule has 1 fully saturated rings. The second kappa shape index (κ2) is 4.81. The fourth-order valence-corrected chi connectivity index (χ4v) is 2.46. The van der Waals surface area contributed by atoms with Crippen molar-refractivity contribution in [2.75, 3.05) is 18.0 Å². The van der Waals surface area contributed by atoms with Crippen molar-refractivity contribution < 1.29 is 0 Å². The van der Waals surface area contributed by atoms with Gasteiger partial charge in [0.1, 0.15) is 0 Å². The maximum Gasteiger partial charge on any atom is 0.249 e. The topological polar surface area (TPSA) is 37.4 Å². The van der Waals surface area contributed by atoms with E-state index in [1.807, 2.05) is 0 Å². The molecule has 16 heavy (non-hydrogen) atoms. The van der Waals surface area contributed by atoms with Gasteiger partial charge in [-0.05, 0) is 32.1 Å². The van der Waals surface area contributed by atoms with Crippen LogP contribution in [0.4, 0.5) is 5.69 Å². The molecule has 0 radical (unpaired) electrons. The molecule has 0 aliphatic carbocycles. The van der Waals surface area contributed by atoms with Gasteiger partial charge in [-0.15, -0.1) is 0 Å². The third-order valence-electron chi connectivity index (χ3n) is 3.43. The first kappa shape index (κ1) is 11.4. The summed E-state index contributed by atoms with van der Waals surface area (Å²) < 4.78 is 0. The molecule has 1 heterocycles. The summed E-state index contributed by atoms with van der Waals surface area (Å²) in [6.07, 6.45) is 6.39. The molecule has 3 nitrogen and oxygen atoms in total. The van der Waals surface area contributed by atoms with Crippen LogP contribution in [0.1, 0.15) is 44.6 Å². The van der Waals surface area contributed by atoms with E-state index >= 15 is 0 Å². The van der Waals surface area contributed by atoms with Crippen molar-refractivity contribution in [1.29, 1.82) is 0 Å². The van der Waals surface area contributed by atoms with E-state index in [9.17, 15) is 9.59 Å². The normalized spacial score (nSPS) is 16.9. The summed E-state index contributed by atoms with van der Waals surface area (Å²) >= 11 is 0. The fraction of sp³-hybridized carbons (Fsp3) is 0.692. The predicted octanol–water partition coefficient (Wildman–Crippen LogP) is 1.62. The summed E-state index contributed by atoms with van der Waals surface area (Å²) in [5.74, 6) is 0. The van der Waals surface area contributed by atoms with Crippen LogP contribution in [0.3, 0.4) is 0 Å². The van der Waals surface area contributed by atoms with Gasteiger partial charge in [-0.25, -0.2) is 0 Å². The first-order chi connectivity index (χ1) is 7.75. The maximum absolute atomic E-state index is 11.6. The van der Waals surface area contributed by atoms with Gasteiger partial charge in [0, 0.05) is 18.7 Å². The van der Waals surface area contributed by atoms with Gasteiger partial charge in [-0.3, -0.25) is 9.59 Å². The van der Waals surface area contributed by atoms with E-state index in [0.717, 1.165) is 56.4 Å². The van der Waals surface area contributed by atoms with Crippen LogP contribution in [-0.2, 0) is 6.42 Å². The van der Waals surface area contributed by atoms with E-state index < -0.39 is 0 Å². The molecule has 0 unspecified atom stereocenters. The van der Waals surface area contributed by atoms with Gasteiger partial charge in [-0.2, -0.15) is 0 Å². The lowest BCUT2D eigenvalue weighted by Gasteiger charge is -2.30. The van der Waals surface area contributed by atoms with Gasteiger partial charge in [-0.1, -0.05) is 13.3 Å². The molecular formula is C13H19NO2. The molecule has 88 valence electrons. The Morgan fingerprint density at radius 2 is 1.75 bits per heavy atom. The lowest BCUT2D eigenvalue weighted by Crippen LogP contribution is -2.45. The number of rotatable bonds is 4. The van der Waals surface area contributed by atoms with Crippen molar-refractivity contribution in [3.8, 4) is 0 Å². The van der Waals surface area contributed by atoms with E-state index in [1.165, 1.54) is 6.42 Å². The van der Waals surface area contributed by atoms with E-state index in [1.54, 1.807) is 0 Å². The highest BCUT2D eigenvalue weighted by Crippen LogP contribution is 2.21. The zero-order valence-corrected chi connectivity index (χ0v) is 9.92. The van der Waals surface area contributed by atoms with E-state index in [2.05, 4.69) is 11.8 Å². The van der Waals surface area contributed by atoms with Crippen LogP contribution in [0.5, 0.6) is 0 Å². The number of nitrogens with zero attached hydrogens (tertiary/aromatic N) is 1. The van der Waals surface area contributed by atoms with Crippen LogP contribution in [0.25, 0.3) is 0 Å². The Balaban J connectivity index is 2.16. The second-order valence-corrected chi connectivity index (χ2v) is 4.64. The molecule has 1 aliphatic rings. The second-order valence-electron chi connectivity index (χ2n) is 4.64. The third-order valence-corrected chi connectivity index (χ3v) is 3.43. The summed E-state index contributed by atoms with van der Waals surface area (Å²) in [5, 5.41) is 0. The van der Waals surface area contributed by atoms with Crippen molar-refractivity contribution >= 4 is 5.69 Å². The molecule has 0 spiro atoms. The zero-order valence-electron chi connectivity index (χ0n) is 9.92. The molecule has 0 atom stereocenters. The molecule has 1 saturated heterocycles. The van der Waals surface area contributed by atoms with Crippen molar-refractivity contribution in [2.45, 2.75) is 45.4 Å². The minimum Gasteiger partial charge on any atom is -0.368 e. The van der Waals surface area contributed by atoms with E-state index in [-0.39, 0.29) is 10.9 Å². The van der Waals surface area contributed by atoms with Crippen LogP contribution in [0, 0.1) is 0 Å². The minimum absolute atomic E-state index is 0.228. The lowest BCUT2D eigenvalue weighted by molar-refractivity contribution is 0.572. The Hall–Kier alpha value is -1.12. The maximum atomic E-state index is 11.6.